The highest BCUT2D eigenvalue weighted by atomic mass is 19.1. The van der Waals surface area contributed by atoms with Gasteiger partial charge in [-0.1, -0.05) is 0 Å². The number of fused-ring (bicyclic) bond motifs is 1. The molecule has 1 atom stereocenters. The molecule has 4 heterocycles. The quantitative estimate of drug-likeness (QED) is 0.630. The van der Waals surface area contributed by atoms with E-state index >= 15 is 0 Å². The van der Waals surface area contributed by atoms with E-state index in [1.54, 1.807) is 6.92 Å². The summed E-state index contributed by atoms with van der Waals surface area (Å²) in [5, 5.41) is 12.5. The molecule has 1 saturated heterocycles. The Morgan fingerprint density at radius 3 is 2.69 bits per heavy atom. The molecule has 1 aliphatic heterocycles. The molecule has 32 heavy (non-hydrogen) atoms. The van der Waals surface area contributed by atoms with Crippen LogP contribution in [-0.4, -0.2) is 38.5 Å². The number of aromatic nitrogens is 3. The number of pyridine rings is 2. The third-order valence-electron chi connectivity index (χ3n) is 6.71. The van der Waals surface area contributed by atoms with Crippen LogP contribution < -0.4 is 15.8 Å². The Balaban J connectivity index is 1.53. The van der Waals surface area contributed by atoms with Crippen molar-refractivity contribution in [2.45, 2.75) is 38.6 Å². The topological polar surface area (TPSA) is 99.8 Å². The van der Waals surface area contributed by atoms with Crippen LogP contribution in [0.4, 0.5) is 16.0 Å². The molecule has 0 amide bonds. The summed E-state index contributed by atoms with van der Waals surface area (Å²) >= 11 is 0. The SMILES string of the molecule is C[C@@H](Nc1ncccc1C(=O)O)c1cc(F)cn2c(=O)cc(N3CCC4(CC3)CC4)nc12. The minimum Gasteiger partial charge on any atom is -0.478 e. The van der Waals surface area contributed by atoms with Crippen molar-refractivity contribution in [3.05, 3.63) is 64.0 Å². The van der Waals surface area contributed by atoms with E-state index in [-0.39, 0.29) is 16.9 Å². The maximum absolute atomic E-state index is 14.4. The summed E-state index contributed by atoms with van der Waals surface area (Å²) < 4.78 is 15.6. The summed E-state index contributed by atoms with van der Waals surface area (Å²) in [7, 11) is 0. The highest BCUT2D eigenvalue weighted by Crippen LogP contribution is 2.53. The molecule has 3 aromatic rings. The molecule has 0 unspecified atom stereocenters. The molecule has 166 valence electrons. The Bertz CT molecular complexity index is 1260. The molecule has 0 aromatic carbocycles. The van der Waals surface area contributed by atoms with Gasteiger partial charge in [0.15, 0.2) is 0 Å². The van der Waals surface area contributed by atoms with E-state index in [0.29, 0.717) is 22.4 Å². The van der Waals surface area contributed by atoms with Crippen molar-refractivity contribution in [1.82, 2.24) is 14.4 Å². The molecule has 2 N–H and O–H groups in total. The Hall–Kier alpha value is -3.49. The molecule has 2 fully saturated rings. The Morgan fingerprint density at radius 2 is 2.00 bits per heavy atom. The van der Waals surface area contributed by atoms with Crippen molar-refractivity contribution >= 4 is 23.3 Å². The number of aromatic carboxylic acids is 1. The van der Waals surface area contributed by atoms with Crippen molar-refractivity contribution in [2.24, 2.45) is 5.41 Å². The number of nitrogens with zero attached hydrogens (tertiary/aromatic N) is 4. The van der Waals surface area contributed by atoms with Gasteiger partial charge in [-0.05, 0) is 56.2 Å². The fraction of sp³-hybridized carbons (Fsp3) is 0.391. The number of anilines is 2. The second kappa shape index (κ2) is 7.58. The zero-order valence-electron chi connectivity index (χ0n) is 17.7. The predicted octanol–water partition coefficient (Wildman–Crippen LogP) is 3.48. The van der Waals surface area contributed by atoms with Crippen molar-refractivity contribution in [1.29, 1.82) is 0 Å². The highest BCUT2D eigenvalue weighted by molar-refractivity contribution is 5.93. The smallest absolute Gasteiger partial charge is 0.339 e. The van der Waals surface area contributed by atoms with Gasteiger partial charge >= 0.3 is 5.97 Å². The minimum atomic E-state index is -1.12. The van der Waals surface area contributed by atoms with Crippen molar-refractivity contribution in [2.75, 3.05) is 23.3 Å². The highest BCUT2D eigenvalue weighted by Gasteiger charge is 2.44. The number of carboxylic acids is 1. The first-order chi connectivity index (χ1) is 15.3. The molecular formula is C23H24FN5O3. The Labute approximate surface area is 183 Å². The predicted molar refractivity (Wildman–Crippen MR) is 118 cm³/mol. The average Bonchev–Trinajstić information content (AvgIpc) is 3.53. The lowest BCUT2D eigenvalue weighted by Gasteiger charge is -2.33. The Morgan fingerprint density at radius 1 is 1.25 bits per heavy atom. The zero-order chi connectivity index (χ0) is 22.5. The lowest BCUT2D eigenvalue weighted by molar-refractivity contribution is 0.0697. The number of carboxylic acid groups (broad SMARTS) is 1. The molecule has 5 rings (SSSR count). The number of nitrogens with one attached hydrogen (secondary N) is 1. The summed E-state index contributed by atoms with van der Waals surface area (Å²) in [4.78, 5) is 35.3. The van der Waals surface area contributed by atoms with E-state index in [1.807, 2.05) is 0 Å². The Kier molecular flexibility index (Phi) is 4.83. The number of rotatable bonds is 5. The molecule has 9 heteroatoms. The third kappa shape index (κ3) is 3.68. The third-order valence-corrected chi connectivity index (χ3v) is 6.71. The fourth-order valence-electron chi connectivity index (χ4n) is 4.52. The average molecular weight is 437 g/mol. The van der Waals surface area contributed by atoms with Gasteiger partial charge in [-0.2, -0.15) is 0 Å². The van der Waals surface area contributed by atoms with Gasteiger partial charge in [0.2, 0.25) is 0 Å². The fourth-order valence-corrected chi connectivity index (χ4v) is 4.52. The lowest BCUT2D eigenvalue weighted by atomic mass is 9.94. The molecule has 0 radical (unpaired) electrons. The molecule has 8 nitrogen and oxygen atoms in total. The molecule has 1 aliphatic carbocycles. The second-order valence-corrected chi connectivity index (χ2v) is 8.82. The number of halogens is 1. The molecule has 3 aromatic heterocycles. The maximum Gasteiger partial charge on any atom is 0.339 e. The second-order valence-electron chi connectivity index (χ2n) is 8.82. The molecular weight excluding hydrogens is 413 g/mol. The van der Waals surface area contributed by atoms with Gasteiger partial charge in [0.1, 0.15) is 28.7 Å². The number of carbonyl (C=O) groups is 1. The van der Waals surface area contributed by atoms with E-state index in [2.05, 4.69) is 15.2 Å². The van der Waals surface area contributed by atoms with Crippen LogP contribution in [-0.2, 0) is 0 Å². The van der Waals surface area contributed by atoms with E-state index in [0.717, 1.165) is 32.1 Å². The molecule has 1 spiro atoms. The van der Waals surface area contributed by atoms with Crippen molar-refractivity contribution < 1.29 is 14.3 Å². The van der Waals surface area contributed by atoms with Gasteiger partial charge in [-0.15, -0.1) is 0 Å². The van der Waals surface area contributed by atoms with Crippen LogP contribution in [0.3, 0.4) is 0 Å². The minimum absolute atomic E-state index is 0.00759. The van der Waals surface area contributed by atoms with Gasteiger partial charge in [0.25, 0.3) is 5.56 Å². The van der Waals surface area contributed by atoms with Gasteiger partial charge < -0.3 is 15.3 Å². The largest absolute Gasteiger partial charge is 0.478 e. The van der Waals surface area contributed by atoms with E-state index < -0.39 is 17.8 Å². The van der Waals surface area contributed by atoms with Crippen LogP contribution in [0.1, 0.15) is 54.6 Å². The van der Waals surface area contributed by atoms with E-state index in [4.69, 9.17) is 4.98 Å². The first-order valence-electron chi connectivity index (χ1n) is 10.8. The summed E-state index contributed by atoms with van der Waals surface area (Å²) in [5.41, 5.74) is 0.941. The van der Waals surface area contributed by atoms with Gasteiger partial charge in [-0.3, -0.25) is 9.20 Å². The van der Waals surface area contributed by atoms with Gasteiger partial charge in [0, 0.05) is 37.1 Å². The van der Waals surface area contributed by atoms with E-state index in [1.165, 1.54) is 47.7 Å². The van der Waals surface area contributed by atoms with Crippen LogP contribution >= 0.6 is 0 Å². The molecule has 1 saturated carbocycles. The lowest BCUT2D eigenvalue weighted by Crippen LogP contribution is -2.36. The van der Waals surface area contributed by atoms with Gasteiger partial charge in [0.05, 0.1) is 6.04 Å². The maximum atomic E-state index is 14.4. The van der Waals surface area contributed by atoms with Crippen LogP contribution in [0.2, 0.25) is 0 Å². The number of hydrogen-bond acceptors (Lipinski definition) is 6. The first-order valence-corrected chi connectivity index (χ1v) is 10.8. The zero-order valence-corrected chi connectivity index (χ0v) is 17.7. The summed E-state index contributed by atoms with van der Waals surface area (Å²) in [6.45, 7) is 3.46. The van der Waals surface area contributed by atoms with Crippen LogP contribution in [0.25, 0.3) is 5.65 Å². The molecule has 2 aliphatic rings. The standard InChI is InChI=1S/C23H24FN5O3/c1-14(26-20-16(22(31)32)3-2-8-25-20)17-11-15(24)13-29-19(30)12-18(27-21(17)29)28-9-6-23(4-5-23)7-10-28/h2-3,8,11-14H,4-7,9-10H2,1H3,(H,25,26)(H,31,32)/t14-/m1/s1. The van der Waals surface area contributed by atoms with E-state index in [9.17, 15) is 19.1 Å². The number of piperidine rings is 1. The summed E-state index contributed by atoms with van der Waals surface area (Å²) in [6, 6.07) is 5.21. The summed E-state index contributed by atoms with van der Waals surface area (Å²) in [5.74, 6) is -0.938. The van der Waals surface area contributed by atoms with Crippen molar-refractivity contribution in [3.63, 3.8) is 0 Å². The summed E-state index contributed by atoms with van der Waals surface area (Å²) in [6.07, 6.45) is 7.37. The normalized spacial score (nSPS) is 18.0. The van der Waals surface area contributed by atoms with Crippen LogP contribution in [0, 0.1) is 11.2 Å². The van der Waals surface area contributed by atoms with Crippen LogP contribution in [0.15, 0.2) is 41.5 Å². The first kappa shape index (κ1) is 20.4. The monoisotopic (exact) mass is 437 g/mol. The number of hydrogen-bond donors (Lipinski definition) is 2. The molecule has 0 bridgehead atoms. The van der Waals surface area contributed by atoms with Crippen molar-refractivity contribution in [3.8, 4) is 0 Å². The van der Waals surface area contributed by atoms with Gasteiger partial charge in [-0.25, -0.2) is 19.2 Å². The van der Waals surface area contributed by atoms with Crippen LogP contribution in [0.5, 0.6) is 0 Å².